The Balaban J connectivity index is 1.68. The van der Waals surface area contributed by atoms with Crippen molar-refractivity contribution in [1.29, 1.82) is 0 Å². The Morgan fingerprint density at radius 3 is 3.22 bits per heavy atom. The highest BCUT2D eigenvalue weighted by atomic mass is 35.5. The molecule has 2 atom stereocenters. The summed E-state index contributed by atoms with van der Waals surface area (Å²) in [5, 5.41) is 15.1. The summed E-state index contributed by atoms with van der Waals surface area (Å²) < 4.78 is 2.02. The van der Waals surface area contributed by atoms with Crippen LogP contribution in [0.3, 0.4) is 0 Å². The van der Waals surface area contributed by atoms with E-state index in [9.17, 15) is 0 Å². The highest BCUT2D eigenvalue weighted by Crippen LogP contribution is 2.22. The Kier molecular flexibility index (Phi) is 3.39. The molecule has 18 heavy (non-hydrogen) atoms. The molecule has 3 rings (SSSR count). The van der Waals surface area contributed by atoms with E-state index in [0.29, 0.717) is 17.7 Å². The highest BCUT2D eigenvalue weighted by Gasteiger charge is 2.19. The predicted octanol–water partition coefficient (Wildman–Crippen LogP) is 2.08. The van der Waals surface area contributed by atoms with E-state index in [0.717, 1.165) is 17.1 Å². The van der Waals surface area contributed by atoms with Crippen molar-refractivity contribution >= 4 is 27.9 Å². The van der Waals surface area contributed by atoms with Gasteiger partial charge in [0.25, 0.3) is 0 Å². The molecule has 0 aliphatic heterocycles. The number of aliphatic hydroxyl groups is 1. The minimum atomic E-state index is 0.219. The van der Waals surface area contributed by atoms with E-state index in [4.69, 9.17) is 16.7 Å². The molecule has 1 aliphatic carbocycles. The minimum absolute atomic E-state index is 0.219. The lowest BCUT2D eigenvalue weighted by atomic mass is 10.1. The van der Waals surface area contributed by atoms with Crippen LogP contribution >= 0.6 is 22.9 Å². The first-order valence-corrected chi connectivity index (χ1v) is 7.16. The maximum atomic E-state index is 9.08. The number of fused-ring (bicyclic) bond motifs is 1. The zero-order valence-corrected chi connectivity index (χ0v) is 11.3. The summed E-state index contributed by atoms with van der Waals surface area (Å²) in [6.45, 7) is 0.904. The molecule has 2 heterocycles. The minimum Gasteiger partial charge on any atom is -0.396 e. The van der Waals surface area contributed by atoms with Gasteiger partial charge in [-0.25, -0.2) is 4.98 Å². The van der Waals surface area contributed by atoms with Crippen LogP contribution in [0.4, 0.5) is 0 Å². The van der Waals surface area contributed by atoms with E-state index in [1.165, 1.54) is 0 Å². The van der Waals surface area contributed by atoms with Crippen LogP contribution in [0.15, 0.2) is 23.7 Å². The van der Waals surface area contributed by atoms with Crippen LogP contribution in [-0.2, 0) is 6.54 Å². The fourth-order valence-electron chi connectivity index (χ4n) is 2.25. The number of hydrogen-bond donors (Lipinski definition) is 2. The number of aromatic nitrogens is 2. The molecule has 2 N–H and O–H groups in total. The maximum Gasteiger partial charge on any atom is 0.195 e. The highest BCUT2D eigenvalue weighted by molar-refractivity contribution is 7.15. The van der Waals surface area contributed by atoms with Gasteiger partial charge < -0.3 is 10.4 Å². The third kappa shape index (κ3) is 2.19. The lowest BCUT2D eigenvalue weighted by Gasteiger charge is -2.12. The summed E-state index contributed by atoms with van der Waals surface area (Å²) in [5.41, 5.74) is 0.994. The molecular formula is C12H14ClN3OS. The van der Waals surface area contributed by atoms with Crippen molar-refractivity contribution in [2.24, 2.45) is 5.92 Å². The number of rotatable bonds is 4. The van der Waals surface area contributed by atoms with Gasteiger partial charge in [0, 0.05) is 36.7 Å². The zero-order chi connectivity index (χ0) is 12.5. The second-order valence-corrected chi connectivity index (χ2v) is 5.69. The second kappa shape index (κ2) is 5.01. The van der Waals surface area contributed by atoms with Gasteiger partial charge in [0.2, 0.25) is 0 Å². The molecule has 1 aliphatic rings. The Hall–Kier alpha value is -0.880. The number of nitrogens with one attached hydrogen (secondary N) is 1. The topological polar surface area (TPSA) is 49.6 Å². The standard InChI is InChI=1S/C12H14ClN3OS/c13-11-10(16-3-4-18-12(16)15-11)6-14-9-2-1-8(5-9)7-17/h1-4,8-9,14,17H,5-7H2/t8-,9+/m0/s1. The van der Waals surface area contributed by atoms with Crippen molar-refractivity contribution < 1.29 is 5.11 Å². The van der Waals surface area contributed by atoms with Gasteiger partial charge in [-0.15, -0.1) is 11.3 Å². The molecule has 0 unspecified atom stereocenters. The summed E-state index contributed by atoms with van der Waals surface area (Å²) in [7, 11) is 0. The lowest BCUT2D eigenvalue weighted by Crippen LogP contribution is -2.26. The maximum absolute atomic E-state index is 9.08. The molecule has 2 aromatic heterocycles. The Morgan fingerprint density at radius 1 is 1.56 bits per heavy atom. The summed E-state index contributed by atoms with van der Waals surface area (Å²) in [4.78, 5) is 5.22. The average Bonchev–Trinajstić information content (AvgIpc) is 3.03. The first-order valence-electron chi connectivity index (χ1n) is 5.90. The van der Waals surface area contributed by atoms with Crippen LogP contribution in [0.2, 0.25) is 5.15 Å². The quantitative estimate of drug-likeness (QED) is 0.845. The molecule has 0 saturated heterocycles. The van der Waals surface area contributed by atoms with Crippen LogP contribution in [0.5, 0.6) is 0 Å². The van der Waals surface area contributed by atoms with E-state index in [2.05, 4.69) is 22.5 Å². The van der Waals surface area contributed by atoms with Crippen LogP contribution in [0.25, 0.3) is 4.96 Å². The summed E-state index contributed by atoms with van der Waals surface area (Å²) in [5.74, 6) is 0.282. The molecule has 0 radical (unpaired) electrons. The van der Waals surface area contributed by atoms with Gasteiger partial charge >= 0.3 is 0 Å². The fraction of sp³-hybridized carbons (Fsp3) is 0.417. The van der Waals surface area contributed by atoms with Gasteiger partial charge in [0.05, 0.1) is 5.69 Å². The lowest BCUT2D eigenvalue weighted by molar-refractivity contribution is 0.246. The van der Waals surface area contributed by atoms with Crippen LogP contribution in [0, 0.1) is 5.92 Å². The van der Waals surface area contributed by atoms with Gasteiger partial charge in [-0.2, -0.15) is 0 Å². The first kappa shape index (κ1) is 12.2. The number of hydrogen-bond acceptors (Lipinski definition) is 4. The Morgan fingerprint density at radius 2 is 2.44 bits per heavy atom. The Labute approximate surface area is 114 Å². The van der Waals surface area contributed by atoms with Gasteiger partial charge in [-0.3, -0.25) is 4.40 Å². The number of halogens is 1. The van der Waals surface area contributed by atoms with Crippen molar-refractivity contribution in [3.8, 4) is 0 Å². The number of nitrogens with zero attached hydrogens (tertiary/aromatic N) is 2. The van der Waals surface area contributed by atoms with Gasteiger partial charge in [-0.05, 0) is 6.42 Å². The molecule has 96 valence electrons. The Bertz CT molecular complexity index is 577. The predicted molar refractivity (Wildman–Crippen MR) is 73.0 cm³/mol. The molecule has 2 aromatic rings. The molecule has 0 aromatic carbocycles. The number of imidazole rings is 1. The third-order valence-electron chi connectivity index (χ3n) is 3.25. The average molecular weight is 284 g/mol. The van der Waals surface area contributed by atoms with Crippen molar-refractivity contribution in [2.75, 3.05) is 6.61 Å². The van der Waals surface area contributed by atoms with Gasteiger partial charge in [0.15, 0.2) is 10.1 Å². The normalized spacial score (nSPS) is 23.2. The zero-order valence-electron chi connectivity index (χ0n) is 9.71. The SMILES string of the molecule is OC[C@H]1C=C[C@@H](NCc2c(Cl)nc3sccn23)C1. The van der Waals surface area contributed by atoms with E-state index in [1.54, 1.807) is 11.3 Å². The smallest absolute Gasteiger partial charge is 0.195 e. The fourth-order valence-corrected chi connectivity index (χ4v) is 3.27. The molecule has 0 saturated carbocycles. The first-order chi connectivity index (χ1) is 8.78. The monoisotopic (exact) mass is 283 g/mol. The molecular weight excluding hydrogens is 270 g/mol. The molecule has 4 nitrogen and oxygen atoms in total. The molecule has 0 spiro atoms. The van der Waals surface area contributed by atoms with Crippen molar-refractivity contribution in [3.05, 3.63) is 34.6 Å². The van der Waals surface area contributed by atoms with Crippen LogP contribution < -0.4 is 5.32 Å². The molecule has 6 heteroatoms. The molecule has 0 fully saturated rings. The van der Waals surface area contributed by atoms with E-state index < -0.39 is 0 Å². The van der Waals surface area contributed by atoms with E-state index >= 15 is 0 Å². The molecule has 0 amide bonds. The number of aliphatic hydroxyl groups excluding tert-OH is 1. The largest absolute Gasteiger partial charge is 0.396 e. The van der Waals surface area contributed by atoms with Crippen LogP contribution in [-0.4, -0.2) is 27.1 Å². The van der Waals surface area contributed by atoms with Crippen molar-refractivity contribution in [1.82, 2.24) is 14.7 Å². The van der Waals surface area contributed by atoms with Gasteiger partial charge in [-0.1, -0.05) is 23.8 Å². The summed E-state index contributed by atoms with van der Waals surface area (Å²) in [6.07, 6.45) is 7.10. The third-order valence-corrected chi connectivity index (χ3v) is 4.31. The van der Waals surface area contributed by atoms with Crippen molar-refractivity contribution in [3.63, 3.8) is 0 Å². The van der Waals surface area contributed by atoms with Crippen molar-refractivity contribution in [2.45, 2.75) is 19.0 Å². The summed E-state index contributed by atoms with van der Waals surface area (Å²) in [6, 6.07) is 0.308. The van der Waals surface area contributed by atoms with E-state index in [1.807, 2.05) is 16.0 Å². The van der Waals surface area contributed by atoms with Crippen LogP contribution in [0.1, 0.15) is 12.1 Å². The number of thiazole rings is 1. The van der Waals surface area contributed by atoms with Gasteiger partial charge in [0.1, 0.15) is 0 Å². The van der Waals surface area contributed by atoms with E-state index in [-0.39, 0.29) is 12.5 Å². The second-order valence-electron chi connectivity index (χ2n) is 4.46. The molecule has 0 bridgehead atoms. The summed E-state index contributed by atoms with van der Waals surface area (Å²) >= 11 is 7.70.